The monoisotopic (exact) mass is 348 g/mol. The summed E-state index contributed by atoms with van der Waals surface area (Å²) < 4.78 is 4.87. The molecule has 132 valence electrons. The molecule has 1 aliphatic carbocycles. The SMILES string of the molecule is COC(=O)c1ccc(CNc2nc3ccccc3nc2C)nc1C1CC1. The van der Waals surface area contributed by atoms with Crippen LogP contribution >= 0.6 is 0 Å². The van der Waals surface area contributed by atoms with E-state index in [0.717, 1.165) is 46.8 Å². The number of pyridine rings is 1. The van der Waals surface area contributed by atoms with Crippen molar-refractivity contribution in [2.45, 2.75) is 32.2 Å². The van der Waals surface area contributed by atoms with Crippen LogP contribution in [0.1, 0.15) is 46.2 Å². The molecule has 3 aromatic rings. The number of ether oxygens (including phenoxy) is 1. The minimum atomic E-state index is -0.324. The van der Waals surface area contributed by atoms with Gasteiger partial charge >= 0.3 is 5.97 Å². The van der Waals surface area contributed by atoms with Gasteiger partial charge in [-0.3, -0.25) is 4.98 Å². The van der Waals surface area contributed by atoms with E-state index >= 15 is 0 Å². The van der Waals surface area contributed by atoms with Gasteiger partial charge in [0.15, 0.2) is 0 Å². The molecule has 2 heterocycles. The Balaban J connectivity index is 1.57. The van der Waals surface area contributed by atoms with Gasteiger partial charge in [-0.1, -0.05) is 12.1 Å². The molecule has 6 nitrogen and oxygen atoms in total. The van der Waals surface area contributed by atoms with E-state index in [9.17, 15) is 4.79 Å². The maximum absolute atomic E-state index is 11.9. The van der Waals surface area contributed by atoms with Gasteiger partial charge in [-0.2, -0.15) is 0 Å². The number of benzene rings is 1. The van der Waals surface area contributed by atoms with Crippen molar-refractivity contribution >= 4 is 22.8 Å². The summed E-state index contributed by atoms with van der Waals surface area (Å²) in [6.07, 6.45) is 2.15. The van der Waals surface area contributed by atoms with Crippen molar-refractivity contribution in [3.63, 3.8) is 0 Å². The number of rotatable bonds is 5. The molecule has 0 saturated heterocycles. The predicted octanol–water partition coefficient (Wildman–Crippen LogP) is 3.61. The first kappa shape index (κ1) is 16.4. The van der Waals surface area contributed by atoms with Gasteiger partial charge in [0.1, 0.15) is 5.82 Å². The summed E-state index contributed by atoms with van der Waals surface area (Å²) in [5, 5.41) is 3.32. The highest BCUT2D eigenvalue weighted by Crippen LogP contribution is 2.40. The van der Waals surface area contributed by atoms with Crippen molar-refractivity contribution in [3.8, 4) is 0 Å². The van der Waals surface area contributed by atoms with Crippen LogP contribution in [-0.2, 0) is 11.3 Å². The number of aryl methyl sites for hydroxylation is 1. The van der Waals surface area contributed by atoms with E-state index in [1.165, 1.54) is 7.11 Å². The third-order valence-corrected chi connectivity index (χ3v) is 4.53. The van der Waals surface area contributed by atoms with Crippen LogP contribution in [0.25, 0.3) is 11.0 Å². The number of aromatic nitrogens is 3. The zero-order valence-electron chi connectivity index (χ0n) is 14.8. The first-order valence-corrected chi connectivity index (χ1v) is 8.71. The van der Waals surface area contributed by atoms with E-state index in [0.29, 0.717) is 18.0 Å². The summed E-state index contributed by atoms with van der Waals surface area (Å²) >= 11 is 0. The quantitative estimate of drug-likeness (QED) is 0.710. The number of nitrogens with zero attached hydrogens (tertiary/aromatic N) is 3. The van der Waals surface area contributed by atoms with Gasteiger partial charge in [0, 0.05) is 5.92 Å². The Hall–Kier alpha value is -3.02. The summed E-state index contributed by atoms with van der Waals surface area (Å²) in [4.78, 5) is 25.9. The zero-order valence-corrected chi connectivity index (χ0v) is 14.8. The van der Waals surface area contributed by atoms with Gasteiger partial charge in [-0.25, -0.2) is 14.8 Å². The first-order chi connectivity index (χ1) is 12.7. The number of hydrogen-bond donors (Lipinski definition) is 1. The fourth-order valence-electron chi connectivity index (χ4n) is 3.00. The van der Waals surface area contributed by atoms with Crippen LogP contribution in [-0.4, -0.2) is 28.0 Å². The summed E-state index contributed by atoms with van der Waals surface area (Å²) in [5.74, 6) is 0.789. The molecule has 1 fully saturated rings. The average molecular weight is 348 g/mol. The fourth-order valence-corrected chi connectivity index (χ4v) is 3.00. The minimum absolute atomic E-state index is 0.324. The first-order valence-electron chi connectivity index (χ1n) is 8.71. The van der Waals surface area contributed by atoms with Gasteiger partial charge in [0.25, 0.3) is 0 Å². The lowest BCUT2D eigenvalue weighted by atomic mass is 10.1. The maximum Gasteiger partial charge on any atom is 0.339 e. The Morgan fingerprint density at radius 3 is 2.54 bits per heavy atom. The molecule has 4 rings (SSSR count). The van der Waals surface area contributed by atoms with E-state index in [2.05, 4.69) is 15.3 Å². The summed E-state index contributed by atoms with van der Waals surface area (Å²) in [6.45, 7) is 2.46. The largest absolute Gasteiger partial charge is 0.465 e. The minimum Gasteiger partial charge on any atom is -0.465 e. The lowest BCUT2D eigenvalue weighted by Crippen LogP contribution is -2.11. The van der Waals surface area contributed by atoms with Gasteiger partial charge in [-0.15, -0.1) is 0 Å². The smallest absolute Gasteiger partial charge is 0.339 e. The van der Waals surface area contributed by atoms with Crippen LogP contribution < -0.4 is 5.32 Å². The molecule has 0 spiro atoms. The second kappa shape index (κ2) is 6.71. The van der Waals surface area contributed by atoms with Crippen molar-refractivity contribution in [3.05, 3.63) is 59.0 Å². The number of fused-ring (bicyclic) bond motifs is 1. The van der Waals surface area contributed by atoms with E-state index in [1.807, 2.05) is 43.3 Å². The molecule has 0 amide bonds. The van der Waals surface area contributed by atoms with E-state index in [4.69, 9.17) is 9.72 Å². The molecule has 1 N–H and O–H groups in total. The molecule has 1 aliphatic rings. The summed E-state index contributed by atoms with van der Waals surface area (Å²) in [6, 6.07) is 11.5. The molecule has 0 radical (unpaired) electrons. The van der Waals surface area contributed by atoms with Gasteiger partial charge in [0.05, 0.1) is 47.3 Å². The van der Waals surface area contributed by atoms with Crippen LogP contribution in [0.15, 0.2) is 36.4 Å². The highest BCUT2D eigenvalue weighted by Gasteiger charge is 2.30. The van der Waals surface area contributed by atoms with Crippen molar-refractivity contribution in [1.29, 1.82) is 0 Å². The van der Waals surface area contributed by atoms with Crippen LogP contribution in [0.5, 0.6) is 0 Å². The van der Waals surface area contributed by atoms with Crippen molar-refractivity contribution < 1.29 is 9.53 Å². The van der Waals surface area contributed by atoms with Gasteiger partial charge in [0.2, 0.25) is 0 Å². The second-order valence-corrected chi connectivity index (χ2v) is 6.50. The maximum atomic E-state index is 11.9. The van der Waals surface area contributed by atoms with Crippen LogP contribution in [0.3, 0.4) is 0 Å². The third kappa shape index (κ3) is 3.22. The Labute approximate surface area is 151 Å². The van der Waals surface area contributed by atoms with E-state index in [-0.39, 0.29) is 5.97 Å². The van der Waals surface area contributed by atoms with Gasteiger partial charge in [-0.05, 0) is 44.0 Å². The summed E-state index contributed by atoms with van der Waals surface area (Å²) in [5.41, 5.74) is 4.87. The molecule has 0 bridgehead atoms. The molecule has 0 unspecified atom stereocenters. The summed E-state index contributed by atoms with van der Waals surface area (Å²) in [7, 11) is 1.40. The molecular formula is C20H20N4O2. The highest BCUT2D eigenvalue weighted by atomic mass is 16.5. The zero-order chi connectivity index (χ0) is 18.1. The second-order valence-electron chi connectivity index (χ2n) is 6.50. The van der Waals surface area contributed by atoms with Crippen LogP contribution in [0.2, 0.25) is 0 Å². The van der Waals surface area contributed by atoms with Gasteiger partial charge < -0.3 is 10.1 Å². The standard InChI is InChI=1S/C20H20N4O2/c1-12-19(24-17-6-4-3-5-16(17)22-12)21-11-14-9-10-15(20(25)26-2)18(23-14)13-7-8-13/h3-6,9-10,13H,7-8,11H2,1-2H3,(H,21,24). The van der Waals surface area contributed by atoms with Crippen molar-refractivity contribution in [2.75, 3.05) is 12.4 Å². The molecule has 26 heavy (non-hydrogen) atoms. The number of esters is 1. The number of carbonyl (C=O) groups is 1. The topological polar surface area (TPSA) is 77.0 Å². The molecule has 6 heteroatoms. The van der Waals surface area contributed by atoms with Crippen molar-refractivity contribution in [2.24, 2.45) is 0 Å². The predicted molar refractivity (Wildman–Crippen MR) is 99.2 cm³/mol. The Kier molecular flexibility index (Phi) is 4.24. The molecule has 1 aromatic carbocycles. The normalized spacial score (nSPS) is 13.6. The number of nitrogens with one attached hydrogen (secondary N) is 1. The number of carbonyl (C=O) groups excluding carboxylic acids is 1. The Bertz CT molecular complexity index is 983. The molecule has 0 atom stereocenters. The highest BCUT2D eigenvalue weighted by molar-refractivity contribution is 5.90. The molecule has 2 aromatic heterocycles. The Morgan fingerprint density at radius 2 is 1.85 bits per heavy atom. The van der Waals surface area contributed by atoms with Crippen molar-refractivity contribution in [1.82, 2.24) is 15.0 Å². The van der Waals surface area contributed by atoms with E-state index in [1.54, 1.807) is 0 Å². The lowest BCUT2D eigenvalue weighted by Gasteiger charge is -2.11. The van der Waals surface area contributed by atoms with Crippen LogP contribution in [0.4, 0.5) is 5.82 Å². The van der Waals surface area contributed by atoms with Crippen LogP contribution in [0, 0.1) is 6.92 Å². The number of para-hydroxylation sites is 2. The molecule has 0 aliphatic heterocycles. The number of methoxy groups -OCH3 is 1. The third-order valence-electron chi connectivity index (χ3n) is 4.53. The molecular weight excluding hydrogens is 328 g/mol. The number of hydrogen-bond acceptors (Lipinski definition) is 6. The fraction of sp³-hybridized carbons (Fsp3) is 0.300. The van der Waals surface area contributed by atoms with E-state index < -0.39 is 0 Å². The lowest BCUT2D eigenvalue weighted by molar-refractivity contribution is 0.0598. The Morgan fingerprint density at radius 1 is 1.12 bits per heavy atom. The molecule has 1 saturated carbocycles. The number of anilines is 1. The average Bonchev–Trinajstić information content (AvgIpc) is 3.50.